The Kier molecular flexibility index (Phi) is 5.07. The molecule has 10 heteroatoms. The number of aliphatic hydroxyl groups excluding tert-OH is 2. The van der Waals surface area contributed by atoms with Gasteiger partial charge in [-0.25, -0.2) is 0 Å². The number of morpholine rings is 1. The van der Waals surface area contributed by atoms with Crippen LogP contribution in [-0.2, 0) is 14.0 Å². The van der Waals surface area contributed by atoms with Gasteiger partial charge < -0.3 is 0 Å². The van der Waals surface area contributed by atoms with Crippen molar-refractivity contribution < 1.29 is 34.0 Å². The predicted octanol–water partition coefficient (Wildman–Crippen LogP) is -2.86. The van der Waals surface area contributed by atoms with E-state index in [1.165, 1.54) is 4.67 Å². The summed E-state index contributed by atoms with van der Waals surface area (Å²) in [5, 5.41) is 19.0. The van der Waals surface area contributed by atoms with E-state index < -0.39 is 32.6 Å². The van der Waals surface area contributed by atoms with E-state index in [1.54, 1.807) is 0 Å². The van der Waals surface area contributed by atoms with Crippen LogP contribution in [0.4, 0.5) is 0 Å². The Morgan fingerprint density at radius 3 is 2.37 bits per heavy atom. The number of hydrogen-bond acceptors (Lipinski definition) is 9. The molecule has 2 aliphatic heterocycles. The first-order chi connectivity index (χ1) is 8.92. The van der Waals surface area contributed by atoms with Crippen LogP contribution < -0.4 is 5.73 Å². The summed E-state index contributed by atoms with van der Waals surface area (Å²) in [5.74, 6) is 0. The maximum absolute atomic E-state index is 9.93. The Morgan fingerprint density at radius 1 is 1.21 bits per heavy atom. The van der Waals surface area contributed by atoms with Gasteiger partial charge in [0.1, 0.15) is 0 Å². The summed E-state index contributed by atoms with van der Waals surface area (Å²) in [4.78, 5) is 19.9. The Hall–Kier alpha value is 0.0700. The van der Waals surface area contributed by atoms with Gasteiger partial charge in [-0.05, 0) is 0 Å². The van der Waals surface area contributed by atoms with Gasteiger partial charge >= 0.3 is 110 Å². The van der Waals surface area contributed by atoms with Gasteiger partial charge in [-0.3, -0.25) is 0 Å². The minimum absolute atomic E-state index is 0.248. The molecule has 0 aliphatic carbocycles. The zero-order valence-electron chi connectivity index (χ0n) is 10.4. The number of nitrogens with two attached hydrogens (primary N) is 1. The summed E-state index contributed by atoms with van der Waals surface area (Å²) in [7, 11) is -4.00. The first-order valence-corrected chi connectivity index (χ1v) is 7.85. The van der Waals surface area contributed by atoms with Crippen molar-refractivity contribution in [3.63, 3.8) is 0 Å². The summed E-state index contributed by atoms with van der Waals surface area (Å²) >= 11 is 0. The summed E-state index contributed by atoms with van der Waals surface area (Å²) in [6, 6.07) is 0. The summed E-state index contributed by atoms with van der Waals surface area (Å²) in [5.41, 5.74) is 5.41. The third-order valence-corrected chi connectivity index (χ3v) is 5.09. The van der Waals surface area contributed by atoms with E-state index in [2.05, 4.69) is 0 Å². The second kappa shape index (κ2) is 6.23. The van der Waals surface area contributed by atoms with Crippen LogP contribution in [0.15, 0.2) is 0 Å². The van der Waals surface area contributed by atoms with Crippen LogP contribution in [0.1, 0.15) is 0 Å². The average molecular weight is 300 g/mol. The summed E-state index contributed by atoms with van der Waals surface area (Å²) < 4.78 is 16.7. The van der Waals surface area contributed by atoms with Crippen molar-refractivity contribution >= 4 is 8.09 Å². The number of hydrogen-bond donors (Lipinski definition) is 5. The molecule has 0 spiro atoms. The summed E-state index contributed by atoms with van der Waals surface area (Å²) in [6.07, 6.45) is -4.28. The van der Waals surface area contributed by atoms with E-state index in [0.29, 0.717) is 26.3 Å². The maximum atomic E-state index is 9.93. The fraction of sp³-hybridized carbons (Fsp3) is 1.00. The normalized spacial score (nSPS) is 38.6. The van der Waals surface area contributed by atoms with Crippen molar-refractivity contribution in [3.05, 3.63) is 0 Å². The van der Waals surface area contributed by atoms with Gasteiger partial charge in [-0.1, -0.05) is 0 Å². The third kappa shape index (κ3) is 3.59. The Labute approximate surface area is 111 Å². The van der Waals surface area contributed by atoms with Crippen LogP contribution in [0, 0.1) is 0 Å². The molecular formula is C9H21N2O7P. The molecule has 4 atom stereocenters. The van der Waals surface area contributed by atoms with Gasteiger partial charge in [0.05, 0.1) is 0 Å². The van der Waals surface area contributed by atoms with Gasteiger partial charge in [0.15, 0.2) is 0 Å². The van der Waals surface area contributed by atoms with Crippen LogP contribution >= 0.6 is 8.09 Å². The molecule has 2 fully saturated rings. The number of ether oxygens (including phenoxy) is 2. The molecule has 0 unspecified atom stereocenters. The summed E-state index contributed by atoms with van der Waals surface area (Å²) in [6.45, 7) is 1.31. The first-order valence-electron chi connectivity index (χ1n) is 6.10. The number of nitrogens with zero attached hydrogens (tertiary/aromatic N) is 1. The standard InChI is InChI=1S/C9H21N2O7P/c10-9-8(13)7(12)6(18-9)5-17-19(14,15)11-1-3-16-4-2-11/h6-9,12-15,19H,1-5,10H2/t6-,7-,8-,9-/m1/s1. The average Bonchev–Trinajstić information content (AvgIpc) is 2.65. The van der Waals surface area contributed by atoms with Gasteiger partial charge in [-0.15, -0.1) is 0 Å². The molecule has 2 aliphatic rings. The molecule has 0 radical (unpaired) electrons. The van der Waals surface area contributed by atoms with Crippen LogP contribution in [0.25, 0.3) is 0 Å². The SMILES string of the molecule is N[C@@H]1O[C@H](CO[PH](O)(O)N2CCOCC2)[C@@H](O)[C@H]1O. The molecule has 0 bridgehead atoms. The molecule has 2 heterocycles. The first kappa shape index (κ1) is 15.5. The molecule has 0 aromatic rings. The fourth-order valence-corrected chi connectivity index (χ4v) is 3.39. The minimum atomic E-state index is -4.00. The van der Waals surface area contributed by atoms with E-state index in [4.69, 9.17) is 19.7 Å². The van der Waals surface area contributed by atoms with Crippen LogP contribution in [0.3, 0.4) is 0 Å². The second-order valence-electron chi connectivity index (χ2n) is 4.60. The molecule has 0 aromatic heterocycles. The number of aliphatic hydroxyl groups is 2. The van der Waals surface area contributed by atoms with Crippen molar-refractivity contribution in [1.82, 2.24) is 4.67 Å². The molecule has 2 rings (SSSR count). The number of rotatable bonds is 4. The van der Waals surface area contributed by atoms with Gasteiger partial charge in [0.25, 0.3) is 0 Å². The molecule has 0 aromatic carbocycles. The van der Waals surface area contributed by atoms with Crippen molar-refractivity contribution in [1.29, 1.82) is 0 Å². The van der Waals surface area contributed by atoms with E-state index in [1.807, 2.05) is 0 Å². The van der Waals surface area contributed by atoms with Crippen LogP contribution in [0.2, 0.25) is 0 Å². The molecular weight excluding hydrogens is 279 g/mol. The molecule has 0 amide bonds. The van der Waals surface area contributed by atoms with E-state index in [-0.39, 0.29) is 6.61 Å². The van der Waals surface area contributed by atoms with E-state index in [0.717, 1.165) is 0 Å². The van der Waals surface area contributed by atoms with Crippen LogP contribution in [0.5, 0.6) is 0 Å². The Bertz CT molecular complexity index is 302. The monoisotopic (exact) mass is 300 g/mol. The zero-order valence-corrected chi connectivity index (χ0v) is 11.4. The van der Waals surface area contributed by atoms with E-state index >= 15 is 0 Å². The third-order valence-electron chi connectivity index (χ3n) is 3.26. The second-order valence-corrected chi connectivity index (χ2v) is 6.67. The van der Waals surface area contributed by atoms with Gasteiger partial charge in [0.2, 0.25) is 0 Å². The molecule has 2 saturated heterocycles. The van der Waals surface area contributed by atoms with Crippen molar-refractivity contribution in [2.75, 3.05) is 32.9 Å². The van der Waals surface area contributed by atoms with Gasteiger partial charge in [-0.2, -0.15) is 0 Å². The molecule has 19 heavy (non-hydrogen) atoms. The Balaban J connectivity index is 1.84. The van der Waals surface area contributed by atoms with Crippen molar-refractivity contribution in [2.45, 2.75) is 24.5 Å². The van der Waals surface area contributed by atoms with Crippen molar-refractivity contribution in [3.8, 4) is 0 Å². The fourth-order valence-electron chi connectivity index (χ4n) is 2.05. The Morgan fingerprint density at radius 2 is 1.84 bits per heavy atom. The zero-order chi connectivity index (χ0) is 14.0. The van der Waals surface area contributed by atoms with Crippen LogP contribution in [-0.4, -0.2) is 82.1 Å². The van der Waals surface area contributed by atoms with Gasteiger partial charge in [0, 0.05) is 0 Å². The molecule has 114 valence electrons. The molecule has 9 nitrogen and oxygen atoms in total. The van der Waals surface area contributed by atoms with E-state index in [9.17, 15) is 20.0 Å². The topological polar surface area (TPSA) is 138 Å². The molecule has 6 N–H and O–H groups in total. The quantitative estimate of drug-likeness (QED) is 0.347. The molecule has 0 saturated carbocycles. The predicted molar refractivity (Wildman–Crippen MR) is 66.0 cm³/mol. The van der Waals surface area contributed by atoms with Crippen molar-refractivity contribution in [2.24, 2.45) is 5.73 Å².